The SMILES string of the molecule is COCCNCCCNCCSC. The molecule has 0 unspecified atom stereocenters. The first-order valence-electron chi connectivity index (χ1n) is 4.81. The number of rotatable bonds is 10. The first-order chi connectivity index (χ1) is 6.41. The molecule has 0 aliphatic rings. The second kappa shape index (κ2) is 12.2. The number of ether oxygens (including phenoxy) is 1. The summed E-state index contributed by atoms with van der Waals surface area (Å²) >= 11 is 1.88. The van der Waals surface area contributed by atoms with E-state index >= 15 is 0 Å². The molecule has 3 nitrogen and oxygen atoms in total. The summed E-state index contributed by atoms with van der Waals surface area (Å²) in [6, 6.07) is 0. The van der Waals surface area contributed by atoms with E-state index in [1.54, 1.807) is 7.11 Å². The molecule has 0 rings (SSSR count). The molecule has 0 saturated heterocycles. The number of nitrogens with one attached hydrogen (secondary N) is 2. The van der Waals surface area contributed by atoms with Gasteiger partial charge in [-0.2, -0.15) is 11.8 Å². The Hall–Kier alpha value is 0.230. The van der Waals surface area contributed by atoms with Crippen molar-refractivity contribution >= 4 is 11.8 Å². The van der Waals surface area contributed by atoms with Crippen LogP contribution in [0.15, 0.2) is 0 Å². The van der Waals surface area contributed by atoms with Crippen molar-refractivity contribution < 1.29 is 4.74 Å². The van der Waals surface area contributed by atoms with Gasteiger partial charge in [0.15, 0.2) is 0 Å². The highest BCUT2D eigenvalue weighted by atomic mass is 32.2. The van der Waals surface area contributed by atoms with Crippen LogP contribution in [0.2, 0.25) is 0 Å². The van der Waals surface area contributed by atoms with Gasteiger partial charge in [0.1, 0.15) is 0 Å². The third-order valence-corrected chi connectivity index (χ3v) is 2.29. The van der Waals surface area contributed by atoms with Crippen LogP contribution in [0.25, 0.3) is 0 Å². The predicted molar refractivity (Wildman–Crippen MR) is 60.6 cm³/mol. The number of thioether (sulfide) groups is 1. The van der Waals surface area contributed by atoms with Gasteiger partial charge < -0.3 is 15.4 Å². The van der Waals surface area contributed by atoms with E-state index in [1.165, 1.54) is 12.2 Å². The molecule has 80 valence electrons. The molecule has 0 radical (unpaired) electrons. The molecular weight excluding hydrogens is 184 g/mol. The van der Waals surface area contributed by atoms with Crippen molar-refractivity contribution in [3.63, 3.8) is 0 Å². The third-order valence-electron chi connectivity index (χ3n) is 1.67. The van der Waals surface area contributed by atoms with Crippen molar-refractivity contribution in [1.82, 2.24) is 10.6 Å². The lowest BCUT2D eigenvalue weighted by atomic mass is 10.4. The lowest BCUT2D eigenvalue weighted by Crippen LogP contribution is -2.25. The summed E-state index contributed by atoms with van der Waals surface area (Å²) < 4.78 is 4.92. The van der Waals surface area contributed by atoms with Gasteiger partial charge in [0.05, 0.1) is 6.61 Å². The zero-order chi connectivity index (χ0) is 9.78. The lowest BCUT2D eigenvalue weighted by molar-refractivity contribution is 0.199. The first kappa shape index (κ1) is 13.2. The minimum atomic E-state index is 0.805. The molecule has 0 heterocycles. The Morgan fingerprint density at radius 2 is 1.77 bits per heavy atom. The van der Waals surface area contributed by atoms with Crippen LogP contribution in [0, 0.1) is 0 Å². The number of hydrogen-bond acceptors (Lipinski definition) is 4. The Balaban J connectivity index is 2.76. The molecule has 0 aromatic carbocycles. The monoisotopic (exact) mass is 206 g/mol. The highest BCUT2D eigenvalue weighted by Crippen LogP contribution is 1.86. The largest absolute Gasteiger partial charge is 0.383 e. The van der Waals surface area contributed by atoms with Gasteiger partial charge in [-0.25, -0.2) is 0 Å². The van der Waals surface area contributed by atoms with E-state index in [-0.39, 0.29) is 0 Å². The maximum Gasteiger partial charge on any atom is 0.0587 e. The zero-order valence-corrected chi connectivity index (χ0v) is 9.58. The molecule has 4 heteroatoms. The van der Waals surface area contributed by atoms with Gasteiger partial charge in [0.2, 0.25) is 0 Å². The summed E-state index contributed by atoms with van der Waals surface area (Å²) in [4.78, 5) is 0. The predicted octanol–water partition coefficient (Wildman–Crippen LogP) is 0.565. The van der Waals surface area contributed by atoms with Gasteiger partial charge in [-0.05, 0) is 25.8 Å². The summed E-state index contributed by atoms with van der Waals surface area (Å²) in [6.07, 6.45) is 3.33. The van der Waals surface area contributed by atoms with E-state index in [4.69, 9.17) is 4.74 Å². The summed E-state index contributed by atoms with van der Waals surface area (Å²) in [7, 11) is 1.73. The molecule has 0 atom stereocenters. The molecule has 0 aliphatic heterocycles. The molecule has 0 aliphatic carbocycles. The summed E-state index contributed by atoms with van der Waals surface area (Å²) in [5, 5.41) is 6.69. The van der Waals surface area contributed by atoms with Gasteiger partial charge in [0.25, 0.3) is 0 Å². The van der Waals surface area contributed by atoms with Crippen LogP contribution < -0.4 is 10.6 Å². The maximum absolute atomic E-state index is 4.92. The van der Waals surface area contributed by atoms with E-state index in [9.17, 15) is 0 Å². The van der Waals surface area contributed by atoms with E-state index < -0.39 is 0 Å². The minimum Gasteiger partial charge on any atom is -0.383 e. The molecule has 0 saturated carbocycles. The Morgan fingerprint density at radius 3 is 2.38 bits per heavy atom. The van der Waals surface area contributed by atoms with E-state index in [0.717, 1.165) is 32.8 Å². The molecule has 0 fully saturated rings. The zero-order valence-electron chi connectivity index (χ0n) is 8.77. The average molecular weight is 206 g/mol. The van der Waals surface area contributed by atoms with Gasteiger partial charge in [0, 0.05) is 26.0 Å². The second-order valence-corrected chi connectivity index (χ2v) is 3.82. The molecule has 0 spiro atoms. The molecule has 0 amide bonds. The van der Waals surface area contributed by atoms with Crippen molar-refractivity contribution in [2.24, 2.45) is 0 Å². The molecule has 0 bridgehead atoms. The van der Waals surface area contributed by atoms with Crippen molar-refractivity contribution in [3.8, 4) is 0 Å². The summed E-state index contributed by atoms with van der Waals surface area (Å²) in [5.74, 6) is 1.21. The molecule has 0 aromatic rings. The fourth-order valence-electron chi connectivity index (χ4n) is 0.937. The van der Waals surface area contributed by atoms with Gasteiger partial charge in [-0.1, -0.05) is 0 Å². The Morgan fingerprint density at radius 1 is 1.08 bits per heavy atom. The number of hydrogen-bond donors (Lipinski definition) is 2. The maximum atomic E-state index is 4.92. The molecule has 2 N–H and O–H groups in total. The fraction of sp³-hybridized carbons (Fsp3) is 1.00. The normalized spacial score (nSPS) is 10.6. The number of methoxy groups -OCH3 is 1. The van der Waals surface area contributed by atoms with Gasteiger partial charge >= 0.3 is 0 Å². The minimum absolute atomic E-state index is 0.805. The first-order valence-corrected chi connectivity index (χ1v) is 6.20. The quantitative estimate of drug-likeness (QED) is 0.512. The standard InChI is InChI=1S/C9H22N2OS/c1-12-8-6-10-4-3-5-11-7-9-13-2/h10-11H,3-9H2,1-2H3. The Kier molecular flexibility index (Phi) is 12.4. The second-order valence-electron chi connectivity index (χ2n) is 2.84. The lowest BCUT2D eigenvalue weighted by Gasteiger charge is -2.04. The molecule has 0 aromatic heterocycles. The highest BCUT2D eigenvalue weighted by molar-refractivity contribution is 7.98. The van der Waals surface area contributed by atoms with Crippen LogP contribution in [0.4, 0.5) is 0 Å². The highest BCUT2D eigenvalue weighted by Gasteiger charge is 1.88. The Bertz CT molecular complexity index is 83.7. The summed E-state index contributed by atoms with van der Waals surface area (Å²) in [5.41, 5.74) is 0. The van der Waals surface area contributed by atoms with Gasteiger partial charge in [-0.3, -0.25) is 0 Å². The van der Waals surface area contributed by atoms with E-state index in [0.29, 0.717) is 0 Å². The Labute approximate surface area is 86.0 Å². The van der Waals surface area contributed by atoms with Crippen molar-refractivity contribution in [3.05, 3.63) is 0 Å². The van der Waals surface area contributed by atoms with Crippen LogP contribution in [-0.2, 0) is 4.74 Å². The molecular formula is C9H22N2OS. The smallest absolute Gasteiger partial charge is 0.0587 e. The van der Waals surface area contributed by atoms with E-state index in [2.05, 4.69) is 16.9 Å². The van der Waals surface area contributed by atoms with Gasteiger partial charge in [-0.15, -0.1) is 0 Å². The topological polar surface area (TPSA) is 33.3 Å². The third kappa shape index (κ3) is 12.2. The fourth-order valence-corrected chi connectivity index (χ4v) is 1.29. The van der Waals surface area contributed by atoms with Crippen LogP contribution in [-0.4, -0.2) is 51.9 Å². The molecule has 13 heavy (non-hydrogen) atoms. The van der Waals surface area contributed by atoms with Crippen LogP contribution in [0.3, 0.4) is 0 Å². The van der Waals surface area contributed by atoms with Crippen molar-refractivity contribution in [1.29, 1.82) is 0 Å². The average Bonchev–Trinajstić information content (AvgIpc) is 2.16. The van der Waals surface area contributed by atoms with Crippen molar-refractivity contribution in [2.75, 3.05) is 51.9 Å². The van der Waals surface area contributed by atoms with Crippen LogP contribution in [0.1, 0.15) is 6.42 Å². The van der Waals surface area contributed by atoms with Crippen LogP contribution in [0.5, 0.6) is 0 Å². The van der Waals surface area contributed by atoms with Crippen LogP contribution >= 0.6 is 11.8 Å². The van der Waals surface area contributed by atoms with Crippen molar-refractivity contribution in [2.45, 2.75) is 6.42 Å². The van der Waals surface area contributed by atoms with E-state index in [1.807, 2.05) is 11.8 Å². The summed E-state index contributed by atoms with van der Waals surface area (Å²) in [6.45, 7) is 5.08.